The molecule has 0 aliphatic carbocycles. The molecule has 0 saturated heterocycles. The number of quaternary nitrogens is 1. The van der Waals surface area contributed by atoms with Crippen LogP contribution in [0.4, 0.5) is 0 Å². The van der Waals surface area contributed by atoms with Crippen LogP contribution in [-0.2, 0) is 0 Å². The molecule has 1 nitrogen and oxygen atoms in total. The Kier molecular flexibility index (Phi) is 5.53. The van der Waals surface area contributed by atoms with Gasteiger partial charge in [-0.05, 0) is 23.3 Å². The molecule has 0 N–H and O–H groups in total. The predicted octanol–water partition coefficient (Wildman–Crippen LogP) is 4.49. The van der Waals surface area contributed by atoms with Crippen molar-refractivity contribution < 1.29 is 4.48 Å². The summed E-state index contributed by atoms with van der Waals surface area (Å²) >= 11 is 0. The first-order valence-electron chi connectivity index (χ1n) is 7.41. The third-order valence-electron chi connectivity index (χ3n) is 3.42. The minimum Gasteiger partial charge on any atom is -0.322 e. The first-order valence-corrected chi connectivity index (χ1v) is 7.41. The maximum absolute atomic E-state index is 2.26. The average Bonchev–Trinajstić information content (AvgIpc) is 2.49. The molecule has 0 aliphatic rings. The van der Waals surface area contributed by atoms with Crippen LogP contribution in [0.15, 0.2) is 72.8 Å². The molecule has 0 spiro atoms. The van der Waals surface area contributed by atoms with Gasteiger partial charge in [0.1, 0.15) is 0 Å². The van der Waals surface area contributed by atoms with Crippen molar-refractivity contribution in [2.75, 3.05) is 27.2 Å². The molecule has 0 radical (unpaired) electrons. The Hall–Kier alpha value is -2.12. The summed E-state index contributed by atoms with van der Waals surface area (Å²) < 4.78 is 0.951. The smallest absolute Gasteiger partial charge is 0.0975 e. The van der Waals surface area contributed by atoms with E-state index in [1.165, 1.54) is 11.1 Å². The molecule has 0 fully saturated rings. The van der Waals surface area contributed by atoms with Crippen molar-refractivity contribution in [3.05, 3.63) is 83.9 Å². The van der Waals surface area contributed by atoms with Gasteiger partial charge in [0.05, 0.1) is 27.2 Å². The molecule has 0 saturated carbocycles. The van der Waals surface area contributed by atoms with Crippen LogP contribution in [0.1, 0.15) is 11.1 Å². The van der Waals surface area contributed by atoms with E-state index in [1.807, 2.05) is 12.1 Å². The fourth-order valence-corrected chi connectivity index (χ4v) is 2.15. The lowest BCUT2D eigenvalue weighted by Gasteiger charge is -2.26. The zero-order valence-corrected chi connectivity index (χ0v) is 12.9. The van der Waals surface area contributed by atoms with Crippen LogP contribution in [0, 0.1) is 0 Å². The first-order chi connectivity index (χ1) is 10.2. The number of hydrogen-bond acceptors (Lipinski definition) is 0. The first kappa shape index (κ1) is 15.3. The van der Waals surface area contributed by atoms with E-state index in [2.05, 4.69) is 86.9 Å². The van der Waals surface area contributed by atoms with Gasteiger partial charge in [0.25, 0.3) is 0 Å². The van der Waals surface area contributed by atoms with Crippen LogP contribution in [0.25, 0.3) is 12.2 Å². The quantitative estimate of drug-likeness (QED) is 0.683. The molecular weight excluding hydrogens is 254 g/mol. The molecule has 0 bridgehead atoms. The second kappa shape index (κ2) is 7.61. The Bertz CT molecular complexity index is 526. The van der Waals surface area contributed by atoms with E-state index in [0.29, 0.717) is 0 Å². The zero-order chi connectivity index (χ0) is 15.0. The third-order valence-corrected chi connectivity index (χ3v) is 3.42. The average molecular weight is 278 g/mol. The van der Waals surface area contributed by atoms with E-state index in [9.17, 15) is 0 Å². The van der Waals surface area contributed by atoms with E-state index in [4.69, 9.17) is 0 Å². The molecule has 0 aliphatic heterocycles. The fraction of sp³-hybridized carbons (Fsp3) is 0.200. The van der Waals surface area contributed by atoms with Gasteiger partial charge < -0.3 is 4.48 Å². The lowest BCUT2D eigenvalue weighted by atomic mass is 10.2. The second-order valence-electron chi connectivity index (χ2n) is 5.93. The normalized spacial score (nSPS) is 12.3. The molecule has 0 heterocycles. The molecule has 0 unspecified atom stereocenters. The van der Waals surface area contributed by atoms with Crippen LogP contribution < -0.4 is 0 Å². The summed E-state index contributed by atoms with van der Waals surface area (Å²) in [5, 5.41) is 0. The van der Waals surface area contributed by atoms with Gasteiger partial charge in [-0.1, -0.05) is 72.8 Å². The van der Waals surface area contributed by atoms with Gasteiger partial charge in [-0.25, -0.2) is 0 Å². The SMILES string of the molecule is C[N+](C)(C/C=C/c1ccccc1)C/C=C/c1ccccc1. The molecule has 21 heavy (non-hydrogen) atoms. The Morgan fingerprint density at radius 3 is 1.43 bits per heavy atom. The van der Waals surface area contributed by atoms with Crippen molar-refractivity contribution in [2.24, 2.45) is 0 Å². The van der Waals surface area contributed by atoms with Crippen molar-refractivity contribution in [1.82, 2.24) is 0 Å². The molecule has 0 amide bonds. The van der Waals surface area contributed by atoms with Crippen LogP contribution in [0.2, 0.25) is 0 Å². The van der Waals surface area contributed by atoms with Gasteiger partial charge in [0, 0.05) is 0 Å². The monoisotopic (exact) mass is 278 g/mol. The van der Waals surface area contributed by atoms with Gasteiger partial charge in [-0.15, -0.1) is 0 Å². The molecule has 2 aromatic rings. The number of likely N-dealkylation sites (N-methyl/N-ethyl adjacent to an activating group) is 1. The lowest BCUT2D eigenvalue weighted by molar-refractivity contribution is -0.878. The highest BCUT2D eigenvalue weighted by Gasteiger charge is 2.09. The van der Waals surface area contributed by atoms with Gasteiger partial charge >= 0.3 is 0 Å². The fourth-order valence-electron chi connectivity index (χ4n) is 2.15. The standard InChI is InChI=1S/C20H24N/c1-21(2,17-9-15-19-11-5-3-6-12-19)18-10-16-20-13-7-4-8-14-20/h3-16H,17-18H2,1-2H3/q+1/b15-9+,16-10+. The summed E-state index contributed by atoms with van der Waals surface area (Å²) in [5.74, 6) is 0. The Labute approximate surface area is 128 Å². The largest absolute Gasteiger partial charge is 0.322 e. The summed E-state index contributed by atoms with van der Waals surface area (Å²) in [5.41, 5.74) is 2.52. The predicted molar refractivity (Wildman–Crippen MR) is 92.8 cm³/mol. The second-order valence-corrected chi connectivity index (χ2v) is 5.93. The highest BCUT2D eigenvalue weighted by molar-refractivity contribution is 5.49. The third kappa shape index (κ3) is 5.80. The molecule has 1 heteroatoms. The number of nitrogens with zero attached hydrogens (tertiary/aromatic N) is 1. The highest BCUT2D eigenvalue weighted by Crippen LogP contribution is 2.05. The number of benzene rings is 2. The highest BCUT2D eigenvalue weighted by atomic mass is 15.3. The zero-order valence-electron chi connectivity index (χ0n) is 12.9. The Balaban J connectivity index is 1.84. The van der Waals surface area contributed by atoms with Crippen LogP contribution in [-0.4, -0.2) is 31.7 Å². The minimum absolute atomic E-state index is 0.951. The van der Waals surface area contributed by atoms with E-state index in [-0.39, 0.29) is 0 Å². The minimum atomic E-state index is 0.951. The van der Waals surface area contributed by atoms with Crippen LogP contribution >= 0.6 is 0 Å². The van der Waals surface area contributed by atoms with Crippen molar-refractivity contribution in [3.8, 4) is 0 Å². The van der Waals surface area contributed by atoms with Crippen LogP contribution in [0.3, 0.4) is 0 Å². The van der Waals surface area contributed by atoms with Gasteiger partial charge in [0.2, 0.25) is 0 Å². The molecule has 2 rings (SSSR count). The summed E-state index contributed by atoms with van der Waals surface area (Å²) in [4.78, 5) is 0. The topological polar surface area (TPSA) is 0 Å². The lowest BCUT2D eigenvalue weighted by Crippen LogP contribution is -2.39. The number of rotatable bonds is 6. The van der Waals surface area contributed by atoms with Crippen molar-refractivity contribution in [3.63, 3.8) is 0 Å². The molecule has 2 aromatic carbocycles. The molecule has 0 aromatic heterocycles. The Morgan fingerprint density at radius 1 is 0.667 bits per heavy atom. The molecule has 0 atom stereocenters. The van der Waals surface area contributed by atoms with Crippen molar-refractivity contribution >= 4 is 12.2 Å². The number of hydrogen-bond donors (Lipinski definition) is 0. The molecular formula is C20H24N+. The van der Waals surface area contributed by atoms with E-state index < -0.39 is 0 Å². The van der Waals surface area contributed by atoms with E-state index >= 15 is 0 Å². The van der Waals surface area contributed by atoms with Gasteiger partial charge in [-0.3, -0.25) is 0 Å². The molecule has 108 valence electrons. The maximum atomic E-state index is 2.26. The van der Waals surface area contributed by atoms with Gasteiger partial charge in [-0.2, -0.15) is 0 Å². The van der Waals surface area contributed by atoms with E-state index in [0.717, 1.165) is 17.6 Å². The summed E-state index contributed by atoms with van der Waals surface area (Å²) in [6.07, 6.45) is 8.90. The summed E-state index contributed by atoms with van der Waals surface area (Å²) in [6, 6.07) is 20.9. The summed E-state index contributed by atoms with van der Waals surface area (Å²) in [7, 11) is 4.51. The van der Waals surface area contributed by atoms with Gasteiger partial charge in [0.15, 0.2) is 0 Å². The van der Waals surface area contributed by atoms with E-state index in [1.54, 1.807) is 0 Å². The van der Waals surface area contributed by atoms with Crippen molar-refractivity contribution in [1.29, 1.82) is 0 Å². The summed E-state index contributed by atoms with van der Waals surface area (Å²) in [6.45, 7) is 2.04. The Morgan fingerprint density at radius 2 is 1.05 bits per heavy atom. The van der Waals surface area contributed by atoms with Crippen LogP contribution in [0.5, 0.6) is 0 Å². The maximum Gasteiger partial charge on any atom is 0.0975 e. The van der Waals surface area contributed by atoms with Crippen molar-refractivity contribution in [2.45, 2.75) is 0 Å².